The van der Waals surface area contributed by atoms with Crippen molar-refractivity contribution < 1.29 is 29.3 Å². The molecule has 7 heteroatoms. The molecule has 1 atom stereocenters. The average molecular weight is 486 g/mol. The van der Waals surface area contributed by atoms with Gasteiger partial charge in [-0.3, -0.25) is 19.3 Å². The van der Waals surface area contributed by atoms with E-state index in [4.69, 9.17) is 9.84 Å². The number of carbonyl (C=O) groups excluding carboxylic acids is 2. The quantitative estimate of drug-likeness (QED) is 0.283. The molecule has 0 saturated carbocycles. The van der Waals surface area contributed by atoms with Crippen molar-refractivity contribution in [2.45, 2.75) is 32.7 Å². The van der Waals surface area contributed by atoms with E-state index in [0.717, 1.165) is 17.5 Å². The molecule has 0 aliphatic carbocycles. The Hall–Kier alpha value is -4.39. The predicted octanol–water partition coefficient (Wildman–Crippen LogP) is 4.82. The van der Waals surface area contributed by atoms with Gasteiger partial charge in [0.25, 0.3) is 11.7 Å². The highest BCUT2D eigenvalue weighted by molar-refractivity contribution is 6.51. The van der Waals surface area contributed by atoms with Crippen molar-refractivity contribution in [1.29, 1.82) is 0 Å². The van der Waals surface area contributed by atoms with E-state index in [2.05, 4.69) is 0 Å². The number of ether oxygens (including phenoxy) is 1. The van der Waals surface area contributed by atoms with Crippen LogP contribution >= 0.6 is 0 Å². The van der Waals surface area contributed by atoms with Crippen molar-refractivity contribution in [2.75, 3.05) is 12.0 Å². The van der Waals surface area contributed by atoms with Crippen molar-refractivity contribution in [1.82, 2.24) is 0 Å². The Kier molecular flexibility index (Phi) is 6.92. The number of aliphatic hydroxyl groups is 1. The van der Waals surface area contributed by atoms with Crippen LogP contribution in [0.4, 0.5) is 5.69 Å². The van der Waals surface area contributed by atoms with Crippen LogP contribution in [0.3, 0.4) is 0 Å². The first-order valence-corrected chi connectivity index (χ1v) is 11.6. The van der Waals surface area contributed by atoms with Crippen LogP contribution in [0.5, 0.6) is 5.75 Å². The first kappa shape index (κ1) is 24.7. The fraction of sp³-hybridized carbons (Fsp3) is 0.207. The molecule has 0 spiro atoms. The van der Waals surface area contributed by atoms with Gasteiger partial charge in [0.15, 0.2) is 0 Å². The van der Waals surface area contributed by atoms with E-state index in [-0.39, 0.29) is 17.8 Å². The summed E-state index contributed by atoms with van der Waals surface area (Å²) in [6.07, 6.45) is 0.667. The largest absolute Gasteiger partial charge is 0.507 e. The maximum atomic E-state index is 13.4. The second-order valence-electron chi connectivity index (χ2n) is 8.70. The Bertz CT molecular complexity index is 1360. The fourth-order valence-corrected chi connectivity index (χ4v) is 4.45. The zero-order valence-corrected chi connectivity index (χ0v) is 20.3. The molecular formula is C29H27NO6. The van der Waals surface area contributed by atoms with Crippen LogP contribution in [0, 0.1) is 6.92 Å². The minimum absolute atomic E-state index is 0.0391. The summed E-state index contributed by atoms with van der Waals surface area (Å²) in [5.74, 6) is -2.49. The maximum Gasteiger partial charge on any atom is 0.307 e. The number of rotatable bonds is 7. The molecule has 1 amide bonds. The van der Waals surface area contributed by atoms with Gasteiger partial charge >= 0.3 is 5.97 Å². The molecule has 0 bridgehead atoms. The second-order valence-corrected chi connectivity index (χ2v) is 8.70. The number of methoxy groups -OCH3 is 1. The van der Waals surface area contributed by atoms with E-state index < -0.39 is 23.7 Å². The number of nitrogens with zero attached hydrogens (tertiary/aromatic N) is 1. The van der Waals surface area contributed by atoms with Crippen LogP contribution < -0.4 is 9.64 Å². The molecule has 0 radical (unpaired) electrons. The summed E-state index contributed by atoms with van der Waals surface area (Å²) in [4.78, 5) is 39.1. The third-order valence-electron chi connectivity index (χ3n) is 6.33. The summed E-state index contributed by atoms with van der Waals surface area (Å²) in [5.41, 5.74) is 3.88. The maximum absolute atomic E-state index is 13.4. The molecule has 2 N–H and O–H groups in total. The lowest BCUT2D eigenvalue weighted by Gasteiger charge is -2.26. The summed E-state index contributed by atoms with van der Waals surface area (Å²) < 4.78 is 5.42. The Balaban J connectivity index is 1.91. The summed E-state index contributed by atoms with van der Waals surface area (Å²) in [5, 5.41) is 20.5. The highest BCUT2D eigenvalue weighted by Gasteiger charge is 2.47. The van der Waals surface area contributed by atoms with Crippen LogP contribution in [0.25, 0.3) is 5.76 Å². The van der Waals surface area contributed by atoms with E-state index in [0.29, 0.717) is 28.1 Å². The van der Waals surface area contributed by atoms with E-state index >= 15 is 0 Å². The standard InChI is InChI=1S/C29H27NO6/c1-4-18-6-10-20(11-7-18)26-25(27(33)22-15-17(2)5-14-23(22)36-3)28(34)29(35)30(26)21-12-8-19(9-13-21)16-24(31)32/h5-15,26,33H,4,16H2,1-3H3,(H,31,32)/b27-25+. The summed E-state index contributed by atoms with van der Waals surface area (Å²) in [6.45, 7) is 3.89. The third-order valence-corrected chi connectivity index (χ3v) is 6.33. The summed E-state index contributed by atoms with van der Waals surface area (Å²) in [6, 6.07) is 18.4. The molecule has 1 aliphatic rings. The number of Topliss-reactive ketones (excluding diaryl/α,β-unsaturated/α-hetero) is 1. The number of aryl methyl sites for hydroxylation is 2. The lowest BCUT2D eigenvalue weighted by Crippen LogP contribution is -2.29. The number of amides is 1. The smallest absolute Gasteiger partial charge is 0.307 e. The van der Waals surface area contributed by atoms with E-state index in [1.807, 2.05) is 44.2 Å². The minimum atomic E-state index is -0.966. The van der Waals surface area contributed by atoms with Gasteiger partial charge in [-0.15, -0.1) is 0 Å². The van der Waals surface area contributed by atoms with Gasteiger partial charge in [0, 0.05) is 5.69 Å². The van der Waals surface area contributed by atoms with E-state index in [1.54, 1.807) is 36.4 Å². The topological polar surface area (TPSA) is 104 Å². The zero-order valence-electron chi connectivity index (χ0n) is 20.3. The molecule has 184 valence electrons. The number of carboxylic acid groups (broad SMARTS) is 1. The fourth-order valence-electron chi connectivity index (χ4n) is 4.45. The second kappa shape index (κ2) is 10.1. The monoisotopic (exact) mass is 485 g/mol. The SMILES string of the molecule is CCc1ccc(C2/C(=C(\O)c3cc(C)ccc3OC)C(=O)C(=O)N2c2ccc(CC(=O)O)cc2)cc1. The molecule has 1 unspecified atom stereocenters. The van der Waals surface area contributed by atoms with Gasteiger partial charge in [-0.05, 0) is 54.3 Å². The molecule has 0 aromatic heterocycles. The molecule has 7 nitrogen and oxygen atoms in total. The van der Waals surface area contributed by atoms with Crippen LogP contribution in [-0.4, -0.2) is 35.0 Å². The molecule has 1 saturated heterocycles. The van der Waals surface area contributed by atoms with E-state index in [9.17, 15) is 19.5 Å². The highest BCUT2D eigenvalue weighted by atomic mass is 16.5. The van der Waals surface area contributed by atoms with Gasteiger partial charge in [0.05, 0.1) is 30.7 Å². The Labute approximate surface area is 209 Å². The number of benzene rings is 3. The molecule has 1 heterocycles. The highest BCUT2D eigenvalue weighted by Crippen LogP contribution is 2.43. The molecule has 1 aliphatic heterocycles. The van der Waals surface area contributed by atoms with Gasteiger partial charge in [0.1, 0.15) is 11.5 Å². The first-order valence-electron chi connectivity index (χ1n) is 11.6. The number of hydrogen-bond acceptors (Lipinski definition) is 5. The van der Waals surface area contributed by atoms with Crippen LogP contribution in [0.1, 0.15) is 40.8 Å². The number of aliphatic hydroxyl groups excluding tert-OH is 1. The summed E-state index contributed by atoms with van der Waals surface area (Å²) >= 11 is 0. The van der Waals surface area contributed by atoms with Gasteiger partial charge < -0.3 is 14.9 Å². The van der Waals surface area contributed by atoms with Crippen LogP contribution in [0.15, 0.2) is 72.3 Å². The van der Waals surface area contributed by atoms with Crippen LogP contribution in [0.2, 0.25) is 0 Å². The van der Waals surface area contributed by atoms with Gasteiger partial charge in [0.2, 0.25) is 0 Å². The zero-order chi connectivity index (χ0) is 26.0. The number of carboxylic acids is 1. The molecule has 1 fully saturated rings. The molecule has 4 rings (SSSR count). The molecular weight excluding hydrogens is 458 g/mol. The third kappa shape index (κ3) is 4.60. The lowest BCUT2D eigenvalue weighted by molar-refractivity contribution is -0.136. The van der Waals surface area contributed by atoms with Crippen LogP contribution in [-0.2, 0) is 27.2 Å². The van der Waals surface area contributed by atoms with Crippen molar-refractivity contribution in [3.05, 3.63) is 100 Å². The Morgan fingerprint density at radius 3 is 2.17 bits per heavy atom. The van der Waals surface area contributed by atoms with Crippen molar-refractivity contribution >= 4 is 29.1 Å². The van der Waals surface area contributed by atoms with Gasteiger partial charge in [-0.25, -0.2) is 0 Å². The number of ketones is 1. The first-order chi connectivity index (χ1) is 17.2. The molecule has 36 heavy (non-hydrogen) atoms. The average Bonchev–Trinajstić information content (AvgIpc) is 3.14. The number of carbonyl (C=O) groups is 3. The van der Waals surface area contributed by atoms with Crippen molar-refractivity contribution in [3.63, 3.8) is 0 Å². The summed E-state index contributed by atoms with van der Waals surface area (Å²) in [7, 11) is 1.47. The number of anilines is 1. The van der Waals surface area contributed by atoms with E-state index in [1.165, 1.54) is 12.0 Å². The number of hydrogen-bond donors (Lipinski definition) is 2. The van der Waals surface area contributed by atoms with Crippen molar-refractivity contribution in [2.24, 2.45) is 0 Å². The minimum Gasteiger partial charge on any atom is -0.507 e. The lowest BCUT2D eigenvalue weighted by atomic mass is 9.93. The Morgan fingerprint density at radius 1 is 0.944 bits per heavy atom. The predicted molar refractivity (Wildman–Crippen MR) is 136 cm³/mol. The normalized spacial score (nSPS) is 16.9. The van der Waals surface area contributed by atoms with Gasteiger partial charge in [-0.1, -0.05) is 55.0 Å². The molecule has 3 aromatic carbocycles. The Morgan fingerprint density at radius 2 is 1.58 bits per heavy atom. The van der Waals surface area contributed by atoms with Gasteiger partial charge in [-0.2, -0.15) is 0 Å². The van der Waals surface area contributed by atoms with Crippen molar-refractivity contribution in [3.8, 4) is 5.75 Å². The molecule has 3 aromatic rings. The number of aliphatic carboxylic acids is 1.